The highest BCUT2D eigenvalue weighted by Gasteiger charge is 2.27. The molecule has 0 radical (unpaired) electrons. The number of halogens is 1. The number of benzene rings is 1. The molecule has 2 aromatic rings. The summed E-state index contributed by atoms with van der Waals surface area (Å²) in [7, 11) is -3.82. The Labute approximate surface area is 176 Å². The van der Waals surface area contributed by atoms with E-state index in [1.54, 1.807) is 13.8 Å². The van der Waals surface area contributed by atoms with Crippen LogP contribution >= 0.6 is 0 Å². The predicted molar refractivity (Wildman–Crippen MR) is 109 cm³/mol. The maximum Gasteiger partial charge on any atom is 0.256 e. The van der Waals surface area contributed by atoms with E-state index < -0.39 is 21.7 Å². The van der Waals surface area contributed by atoms with Crippen LogP contribution in [0.5, 0.6) is 0 Å². The molecule has 0 spiro atoms. The van der Waals surface area contributed by atoms with E-state index in [0.29, 0.717) is 38.6 Å². The fraction of sp³-hybridized carbons (Fsp3) is 0.500. The number of hydrogen-bond acceptors (Lipinski definition) is 6. The monoisotopic (exact) mass is 438 g/mol. The molecule has 1 N–H and O–H groups in total. The standard InChI is InChI=1S/C20H27FN4O4S/c1-13(2)23-30(27,28)16-5-6-18(21)17(11-16)20(26)25-9-7-24(8-10-25)12-19-22-14(3)15(4)29-19/h5-6,11,13,23H,7-10,12H2,1-4H3. The van der Waals surface area contributed by atoms with Gasteiger partial charge < -0.3 is 9.32 Å². The summed E-state index contributed by atoms with van der Waals surface area (Å²) < 4.78 is 47.1. The molecule has 1 saturated heterocycles. The number of nitrogens with zero attached hydrogens (tertiary/aromatic N) is 3. The molecule has 3 rings (SSSR count). The molecule has 1 fully saturated rings. The average Bonchev–Trinajstić information content (AvgIpc) is 2.98. The molecule has 0 saturated carbocycles. The van der Waals surface area contributed by atoms with Crippen LogP contribution in [0.1, 0.15) is 41.6 Å². The summed E-state index contributed by atoms with van der Waals surface area (Å²) in [5, 5.41) is 0. The van der Waals surface area contributed by atoms with Crippen LogP contribution in [0.3, 0.4) is 0 Å². The van der Waals surface area contributed by atoms with Gasteiger partial charge in [0.2, 0.25) is 15.9 Å². The largest absolute Gasteiger partial charge is 0.444 e. The zero-order chi connectivity index (χ0) is 22.1. The van der Waals surface area contributed by atoms with Crippen LogP contribution in [0.2, 0.25) is 0 Å². The first-order valence-corrected chi connectivity index (χ1v) is 11.3. The van der Waals surface area contributed by atoms with Crippen LogP contribution < -0.4 is 4.72 Å². The van der Waals surface area contributed by atoms with Crippen molar-refractivity contribution in [1.29, 1.82) is 0 Å². The number of aryl methyl sites for hydroxylation is 2. The lowest BCUT2D eigenvalue weighted by Crippen LogP contribution is -2.48. The molecule has 1 aromatic carbocycles. The minimum Gasteiger partial charge on any atom is -0.444 e. The molecule has 1 aromatic heterocycles. The van der Waals surface area contributed by atoms with Gasteiger partial charge >= 0.3 is 0 Å². The van der Waals surface area contributed by atoms with E-state index in [1.807, 2.05) is 13.8 Å². The number of hydrogen-bond donors (Lipinski definition) is 1. The van der Waals surface area contributed by atoms with Crippen molar-refractivity contribution in [3.63, 3.8) is 0 Å². The number of piperazine rings is 1. The van der Waals surface area contributed by atoms with Gasteiger partial charge in [0.1, 0.15) is 11.6 Å². The molecule has 1 aliphatic rings. The molecule has 0 aliphatic carbocycles. The van der Waals surface area contributed by atoms with Gasteiger partial charge in [-0.1, -0.05) is 0 Å². The van der Waals surface area contributed by atoms with Crippen molar-refractivity contribution in [3.8, 4) is 0 Å². The van der Waals surface area contributed by atoms with Crippen molar-refractivity contribution < 1.29 is 22.0 Å². The van der Waals surface area contributed by atoms with Crippen molar-refractivity contribution in [3.05, 3.63) is 46.9 Å². The zero-order valence-electron chi connectivity index (χ0n) is 17.6. The van der Waals surface area contributed by atoms with Crippen LogP contribution in [0, 0.1) is 19.7 Å². The molecule has 30 heavy (non-hydrogen) atoms. The predicted octanol–water partition coefficient (Wildman–Crippen LogP) is 2.08. The molecule has 164 valence electrons. The van der Waals surface area contributed by atoms with Gasteiger partial charge in [0, 0.05) is 32.2 Å². The van der Waals surface area contributed by atoms with Gasteiger partial charge in [-0.3, -0.25) is 9.69 Å². The van der Waals surface area contributed by atoms with Gasteiger partial charge in [0.05, 0.1) is 22.7 Å². The van der Waals surface area contributed by atoms with E-state index in [2.05, 4.69) is 14.6 Å². The first kappa shape index (κ1) is 22.4. The Morgan fingerprint density at radius 2 is 1.90 bits per heavy atom. The molecule has 1 amide bonds. The van der Waals surface area contributed by atoms with Gasteiger partial charge in [-0.2, -0.15) is 0 Å². The smallest absolute Gasteiger partial charge is 0.256 e. The van der Waals surface area contributed by atoms with Gasteiger partial charge in [-0.05, 0) is 45.9 Å². The Morgan fingerprint density at radius 1 is 1.23 bits per heavy atom. The third-order valence-corrected chi connectivity index (χ3v) is 6.62. The Kier molecular flexibility index (Phi) is 6.59. The third kappa shape index (κ3) is 5.05. The van der Waals surface area contributed by atoms with Crippen molar-refractivity contribution >= 4 is 15.9 Å². The van der Waals surface area contributed by atoms with Crippen LogP contribution in [0.25, 0.3) is 0 Å². The fourth-order valence-electron chi connectivity index (χ4n) is 3.29. The maximum absolute atomic E-state index is 14.3. The number of amides is 1. The van der Waals surface area contributed by atoms with E-state index in [9.17, 15) is 17.6 Å². The summed E-state index contributed by atoms with van der Waals surface area (Å²) in [6.45, 7) is 9.64. The van der Waals surface area contributed by atoms with Gasteiger partial charge in [0.25, 0.3) is 5.91 Å². The van der Waals surface area contributed by atoms with Crippen molar-refractivity contribution in [1.82, 2.24) is 19.5 Å². The second-order valence-corrected chi connectivity index (χ2v) is 9.45. The third-order valence-electron chi connectivity index (χ3n) is 4.96. The highest BCUT2D eigenvalue weighted by atomic mass is 32.2. The molecule has 8 nitrogen and oxygen atoms in total. The SMILES string of the molecule is Cc1nc(CN2CCN(C(=O)c3cc(S(=O)(=O)NC(C)C)ccc3F)CC2)oc1C. The quantitative estimate of drug-likeness (QED) is 0.742. The van der Waals surface area contributed by atoms with E-state index in [4.69, 9.17) is 4.42 Å². The highest BCUT2D eigenvalue weighted by Crippen LogP contribution is 2.19. The fourth-order valence-corrected chi connectivity index (χ4v) is 4.57. The van der Waals surface area contributed by atoms with Crippen molar-refractivity contribution in [2.24, 2.45) is 0 Å². The molecular formula is C20H27FN4O4S. The molecule has 1 aliphatic heterocycles. The van der Waals surface area contributed by atoms with Crippen molar-refractivity contribution in [2.45, 2.75) is 45.2 Å². The Morgan fingerprint density at radius 3 is 2.47 bits per heavy atom. The van der Waals surface area contributed by atoms with Crippen LogP contribution in [0.4, 0.5) is 4.39 Å². The minimum atomic E-state index is -3.82. The second kappa shape index (κ2) is 8.83. The summed E-state index contributed by atoms with van der Waals surface area (Å²) in [5.74, 6) is 0.163. The lowest BCUT2D eigenvalue weighted by molar-refractivity contribution is 0.0613. The van der Waals surface area contributed by atoms with Crippen molar-refractivity contribution in [2.75, 3.05) is 26.2 Å². The summed E-state index contributed by atoms with van der Waals surface area (Å²) >= 11 is 0. The summed E-state index contributed by atoms with van der Waals surface area (Å²) in [5.41, 5.74) is 0.616. The van der Waals surface area contributed by atoms with E-state index in [1.165, 1.54) is 4.90 Å². The Balaban J connectivity index is 1.68. The highest BCUT2D eigenvalue weighted by molar-refractivity contribution is 7.89. The summed E-state index contributed by atoms with van der Waals surface area (Å²) in [4.78, 5) is 20.7. The van der Waals surface area contributed by atoms with Gasteiger partial charge in [0.15, 0.2) is 0 Å². The van der Waals surface area contributed by atoms with E-state index in [0.717, 1.165) is 29.7 Å². The zero-order valence-corrected chi connectivity index (χ0v) is 18.4. The number of sulfonamides is 1. The Bertz CT molecular complexity index is 1010. The first-order chi connectivity index (χ1) is 14.1. The van der Waals surface area contributed by atoms with Crippen LogP contribution in [-0.4, -0.2) is 61.3 Å². The molecular weight excluding hydrogens is 411 g/mol. The normalized spacial score (nSPS) is 15.7. The molecule has 0 unspecified atom stereocenters. The average molecular weight is 439 g/mol. The molecule has 0 atom stereocenters. The number of oxazole rings is 1. The second-order valence-electron chi connectivity index (χ2n) is 7.74. The lowest BCUT2D eigenvalue weighted by Gasteiger charge is -2.34. The summed E-state index contributed by atoms with van der Waals surface area (Å²) in [6, 6.07) is 2.97. The topological polar surface area (TPSA) is 95.8 Å². The number of rotatable bonds is 6. The molecule has 0 bridgehead atoms. The Hall–Kier alpha value is -2.30. The van der Waals surface area contributed by atoms with E-state index >= 15 is 0 Å². The van der Waals surface area contributed by atoms with Gasteiger partial charge in [-0.25, -0.2) is 22.5 Å². The first-order valence-electron chi connectivity index (χ1n) is 9.83. The maximum atomic E-state index is 14.3. The molecule has 10 heteroatoms. The number of aromatic nitrogens is 1. The lowest BCUT2D eigenvalue weighted by atomic mass is 10.1. The number of carbonyl (C=O) groups is 1. The molecule has 2 heterocycles. The van der Waals surface area contributed by atoms with Gasteiger partial charge in [-0.15, -0.1) is 0 Å². The van der Waals surface area contributed by atoms with Crippen LogP contribution in [-0.2, 0) is 16.6 Å². The summed E-state index contributed by atoms with van der Waals surface area (Å²) in [6.07, 6.45) is 0. The van der Waals surface area contributed by atoms with Crippen LogP contribution in [0.15, 0.2) is 27.5 Å². The minimum absolute atomic E-state index is 0.130. The van der Waals surface area contributed by atoms with E-state index in [-0.39, 0.29) is 16.5 Å². The number of nitrogens with one attached hydrogen (secondary N) is 1. The number of carbonyl (C=O) groups excluding carboxylic acids is 1.